The van der Waals surface area contributed by atoms with Crippen LogP contribution in [-0.4, -0.2) is 35.5 Å². The summed E-state index contributed by atoms with van der Waals surface area (Å²) < 4.78 is 26.7. The first-order valence-corrected chi connectivity index (χ1v) is 14.7. The van der Waals surface area contributed by atoms with Crippen molar-refractivity contribution >= 4 is 44.6 Å². The van der Waals surface area contributed by atoms with Crippen LogP contribution in [0.1, 0.15) is 36.5 Å². The highest BCUT2D eigenvalue weighted by Crippen LogP contribution is 2.34. The Hall–Kier alpha value is -4.83. The molecule has 5 rings (SSSR count). The highest BCUT2D eigenvalue weighted by Gasteiger charge is 2.18. The second-order valence-corrected chi connectivity index (χ2v) is 11.3. The number of halogens is 2. The normalized spacial score (nSPS) is 11.3. The number of benzene rings is 4. The van der Waals surface area contributed by atoms with E-state index in [0.717, 1.165) is 26.9 Å². The third-order valence-corrected chi connectivity index (χ3v) is 7.46. The zero-order valence-corrected chi connectivity index (χ0v) is 26.2. The number of nitrogens with one attached hydrogen (secondary N) is 1. The zero-order valence-electron chi connectivity index (χ0n) is 24.6. The number of hydrogen-bond acceptors (Lipinski definition) is 6. The Morgan fingerprint density at radius 1 is 1.07 bits per heavy atom. The van der Waals surface area contributed by atoms with Crippen LogP contribution >= 0.6 is 15.9 Å². The first kappa shape index (κ1) is 30.6. The van der Waals surface area contributed by atoms with Crippen molar-refractivity contribution < 1.29 is 18.7 Å². The largest absolute Gasteiger partial charge is 0.496 e. The number of carbonyl (C=O) groups excluding carboxylic acids is 1. The van der Waals surface area contributed by atoms with Gasteiger partial charge in [-0.2, -0.15) is 9.78 Å². The maximum absolute atomic E-state index is 13.8. The molecule has 44 heavy (non-hydrogen) atoms. The number of aromatic nitrogens is 2. The van der Waals surface area contributed by atoms with Crippen molar-refractivity contribution in [3.05, 3.63) is 116 Å². The first-order chi connectivity index (χ1) is 21.1. The lowest BCUT2D eigenvalue weighted by molar-refractivity contribution is -0.118. The number of carbonyl (C=O) groups is 1. The van der Waals surface area contributed by atoms with Gasteiger partial charge in [-0.15, -0.1) is 0 Å². The second kappa shape index (κ2) is 13.2. The number of amides is 1. The van der Waals surface area contributed by atoms with Gasteiger partial charge in [0.15, 0.2) is 12.4 Å². The van der Waals surface area contributed by atoms with Crippen molar-refractivity contribution in [2.24, 2.45) is 5.10 Å². The van der Waals surface area contributed by atoms with Gasteiger partial charge in [-0.25, -0.2) is 9.37 Å². The van der Waals surface area contributed by atoms with E-state index in [1.54, 1.807) is 43.5 Å². The van der Waals surface area contributed by atoms with Crippen molar-refractivity contribution in [3.8, 4) is 22.9 Å². The van der Waals surface area contributed by atoms with E-state index in [0.29, 0.717) is 33.7 Å². The summed E-state index contributed by atoms with van der Waals surface area (Å²) in [6, 6.07) is 21.8. The molecule has 0 aliphatic rings. The highest BCUT2D eigenvalue weighted by atomic mass is 79.9. The molecule has 1 heterocycles. The number of aryl methyl sites for hydroxylation is 1. The lowest BCUT2D eigenvalue weighted by atomic mass is 9.96. The Bertz CT molecular complexity index is 1940. The maximum Gasteiger partial charge on any atom is 0.282 e. The maximum atomic E-state index is 13.8. The van der Waals surface area contributed by atoms with Crippen LogP contribution in [0.25, 0.3) is 22.3 Å². The fourth-order valence-electron chi connectivity index (χ4n) is 4.72. The van der Waals surface area contributed by atoms with E-state index in [1.165, 1.54) is 35.2 Å². The van der Waals surface area contributed by atoms with Crippen LogP contribution in [0.4, 0.5) is 10.1 Å². The number of ether oxygens (including phenoxy) is 2. The fraction of sp³-hybridized carbons (Fsp3) is 0.176. The summed E-state index contributed by atoms with van der Waals surface area (Å²) in [6.45, 7) is 5.79. The van der Waals surface area contributed by atoms with Crippen LogP contribution < -0.4 is 20.3 Å². The fourth-order valence-corrected chi connectivity index (χ4v) is 5.10. The number of methoxy groups -OCH3 is 1. The van der Waals surface area contributed by atoms with Crippen LogP contribution in [0.15, 0.2) is 93.2 Å². The first-order valence-electron chi connectivity index (χ1n) is 13.9. The minimum atomic E-state index is -0.421. The van der Waals surface area contributed by atoms with Gasteiger partial charge in [-0.05, 0) is 90.7 Å². The lowest BCUT2D eigenvalue weighted by Gasteiger charge is -2.17. The molecule has 0 saturated carbocycles. The minimum absolute atomic E-state index is 0.162. The van der Waals surface area contributed by atoms with Crippen LogP contribution in [0.5, 0.6) is 11.5 Å². The van der Waals surface area contributed by atoms with Gasteiger partial charge < -0.3 is 14.8 Å². The topological polar surface area (TPSA) is 94.8 Å². The van der Waals surface area contributed by atoms with Crippen molar-refractivity contribution in [3.63, 3.8) is 0 Å². The molecule has 1 aromatic heterocycles. The molecule has 0 fully saturated rings. The van der Waals surface area contributed by atoms with Crippen molar-refractivity contribution in [1.29, 1.82) is 0 Å². The zero-order chi connectivity index (χ0) is 31.4. The molecule has 0 spiro atoms. The SMILES string of the molecule is COc1cc(C)c(-c2nc3ccccc3c(=O)n2N=Cc2cc(Br)ccc2OCC(=O)Nc2ccc(F)cc2)cc1C(C)C. The molecule has 0 aliphatic heterocycles. The predicted octanol–water partition coefficient (Wildman–Crippen LogP) is 7.31. The van der Waals surface area contributed by atoms with Crippen LogP contribution in [-0.2, 0) is 4.79 Å². The van der Waals surface area contributed by atoms with Crippen molar-refractivity contribution in [2.45, 2.75) is 26.7 Å². The minimum Gasteiger partial charge on any atom is -0.496 e. The average molecular weight is 658 g/mol. The molecule has 224 valence electrons. The molecule has 10 heteroatoms. The smallest absolute Gasteiger partial charge is 0.282 e. The Balaban J connectivity index is 1.54. The number of anilines is 1. The van der Waals surface area contributed by atoms with Crippen LogP contribution in [0.2, 0.25) is 0 Å². The van der Waals surface area contributed by atoms with Gasteiger partial charge in [0.05, 0.1) is 24.2 Å². The molecule has 4 aromatic carbocycles. The van der Waals surface area contributed by atoms with Crippen molar-refractivity contribution in [2.75, 3.05) is 19.0 Å². The van der Waals surface area contributed by atoms with Gasteiger partial charge in [0.1, 0.15) is 17.3 Å². The van der Waals surface area contributed by atoms with E-state index in [9.17, 15) is 14.0 Å². The number of nitrogens with zero attached hydrogens (tertiary/aromatic N) is 3. The van der Waals surface area contributed by atoms with E-state index in [-0.39, 0.29) is 18.1 Å². The third kappa shape index (κ3) is 6.70. The molecular weight excluding hydrogens is 627 g/mol. The molecule has 0 saturated heterocycles. The summed E-state index contributed by atoms with van der Waals surface area (Å²) in [4.78, 5) is 31.2. The molecule has 8 nitrogen and oxygen atoms in total. The second-order valence-electron chi connectivity index (χ2n) is 10.4. The van der Waals surface area contributed by atoms with E-state index >= 15 is 0 Å². The number of fused-ring (bicyclic) bond motifs is 1. The molecule has 0 aliphatic carbocycles. The predicted molar refractivity (Wildman–Crippen MR) is 174 cm³/mol. The van der Waals surface area contributed by atoms with Gasteiger partial charge in [-0.3, -0.25) is 9.59 Å². The molecule has 1 N–H and O–H groups in total. The highest BCUT2D eigenvalue weighted by molar-refractivity contribution is 9.10. The summed E-state index contributed by atoms with van der Waals surface area (Å²) in [7, 11) is 1.64. The summed E-state index contributed by atoms with van der Waals surface area (Å²) in [5.41, 5.74) is 3.79. The number of para-hydroxylation sites is 1. The summed E-state index contributed by atoms with van der Waals surface area (Å²) in [6.07, 6.45) is 1.50. The van der Waals surface area contributed by atoms with E-state index in [4.69, 9.17) is 14.5 Å². The van der Waals surface area contributed by atoms with Gasteiger partial charge in [0, 0.05) is 21.3 Å². The summed E-state index contributed by atoms with van der Waals surface area (Å²) in [5, 5.41) is 7.70. The lowest BCUT2D eigenvalue weighted by Crippen LogP contribution is -2.21. The van der Waals surface area contributed by atoms with E-state index in [2.05, 4.69) is 40.2 Å². The molecule has 0 bridgehead atoms. The molecule has 0 radical (unpaired) electrons. The van der Waals surface area contributed by atoms with E-state index in [1.807, 2.05) is 25.1 Å². The average Bonchev–Trinajstić information content (AvgIpc) is 3.01. The Labute approximate surface area is 262 Å². The summed E-state index contributed by atoms with van der Waals surface area (Å²) in [5.74, 6) is 0.856. The van der Waals surface area contributed by atoms with E-state index < -0.39 is 11.7 Å². The Morgan fingerprint density at radius 3 is 2.55 bits per heavy atom. The molecule has 5 aromatic rings. The number of rotatable bonds is 9. The monoisotopic (exact) mass is 656 g/mol. The summed E-state index contributed by atoms with van der Waals surface area (Å²) >= 11 is 3.48. The number of hydrogen-bond donors (Lipinski definition) is 1. The Kier molecular flexibility index (Phi) is 9.20. The van der Waals surface area contributed by atoms with Gasteiger partial charge >= 0.3 is 0 Å². The van der Waals surface area contributed by atoms with Gasteiger partial charge in [0.25, 0.3) is 11.5 Å². The third-order valence-electron chi connectivity index (χ3n) is 6.96. The quantitative estimate of drug-likeness (QED) is 0.168. The molecule has 1 amide bonds. The molecule has 0 unspecified atom stereocenters. The van der Waals surface area contributed by atoms with Gasteiger partial charge in [-0.1, -0.05) is 41.9 Å². The molecular formula is C34H30BrFN4O4. The standard InChI is InChI=1S/C34H30BrFN4O4/c1-20(2)27-17-28(21(3)15-31(27)43-4)33-39-29-8-6-5-7-26(29)34(42)40(33)37-18-22-16-23(35)9-14-30(22)44-19-32(41)38-25-12-10-24(36)11-13-25/h5-18,20H,19H2,1-4H3,(H,38,41). The molecule has 0 atom stereocenters. The van der Waals surface area contributed by atoms with Crippen LogP contribution in [0, 0.1) is 12.7 Å². The van der Waals surface area contributed by atoms with Crippen molar-refractivity contribution in [1.82, 2.24) is 9.66 Å². The van der Waals surface area contributed by atoms with Gasteiger partial charge in [0.2, 0.25) is 0 Å². The van der Waals surface area contributed by atoms with Crippen LogP contribution in [0.3, 0.4) is 0 Å². The Morgan fingerprint density at radius 2 is 1.82 bits per heavy atom.